The number of rotatable bonds is 3. The molecule has 0 atom stereocenters. The number of nitrogens with two attached hydrogens (primary N) is 1. The van der Waals surface area contributed by atoms with Gasteiger partial charge in [0.15, 0.2) is 0 Å². The molecule has 0 amide bonds. The van der Waals surface area contributed by atoms with Crippen LogP contribution in [-0.2, 0) is 0 Å². The molecule has 106 valence electrons. The molecule has 2 nitrogen and oxygen atoms in total. The van der Waals surface area contributed by atoms with Crippen molar-refractivity contribution in [3.8, 4) is 0 Å². The van der Waals surface area contributed by atoms with Crippen LogP contribution in [0.3, 0.4) is 0 Å². The summed E-state index contributed by atoms with van der Waals surface area (Å²) >= 11 is 0. The monoisotopic (exact) mass is 276 g/mol. The molecule has 0 aromatic heterocycles. The summed E-state index contributed by atoms with van der Waals surface area (Å²) in [6.07, 6.45) is 0. The van der Waals surface area contributed by atoms with Crippen molar-refractivity contribution in [2.45, 2.75) is 13.8 Å². The van der Waals surface area contributed by atoms with Gasteiger partial charge in [-0.2, -0.15) is 0 Å². The van der Waals surface area contributed by atoms with Crippen LogP contribution in [0, 0.1) is 6.92 Å². The summed E-state index contributed by atoms with van der Waals surface area (Å²) in [4.78, 5) is 2.30. The quantitative estimate of drug-likeness (QED) is 0.690. The van der Waals surface area contributed by atoms with Crippen LogP contribution in [0.15, 0.2) is 60.7 Å². The second-order valence-electron chi connectivity index (χ2n) is 5.26. The number of para-hydroxylation sites is 1. The zero-order chi connectivity index (χ0) is 14.8. The molecule has 3 aromatic rings. The van der Waals surface area contributed by atoms with Gasteiger partial charge in [-0.25, -0.2) is 0 Å². The van der Waals surface area contributed by atoms with E-state index in [2.05, 4.69) is 67.3 Å². The van der Waals surface area contributed by atoms with E-state index in [0.717, 1.165) is 17.9 Å². The van der Waals surface area contributed by atoms with Crippen LogP contribution < -0.4 is 10.6 Å². The highest BCUT2D eigenvalue weighted by molar-refractivity contribution is 5.97. The Morgan fingerprint density at radius 3 is 2.38 bits per heavy atom. The van der Waals surface area contributed by atoms with Crippen molar-refractivity contribution in [2.24, 2.45) is 0 Å². The maximum atomic E-state index is 6.24. The fraction of sp³-hybridized carbons (Fsp3) is 0.158. The predicted molar refractivity (Wildman–Crippen MR) is 92.2 cm³/mol. The minimum atomic E-state index is 0.824. The molecule has 2 heteroatoms. The van der Waals surface area contributed by atoms with E-state index in [1.165, 1.54) is 22.0 Å². The van der Waals surface area contributed by atoms with Gasteiger partial charge in [-0.15, -0.1) is 0 Å². The number of anilines is 3. The molecule has 0 radical (unpaired) electrons. The van der Waals surface area contributed by atoms with Gasteiger partial charge in [0.25, 0.3) is 0 Å². The van der Waals surface area contributed by atoms with Crippen LogP contribution in [0.25, 0.3) is 10.8 Å². The van der Waals surface area contributed by atoms with Gasteiger partial charge in [-0.1, -0.05) is 48.5 Å². The van der Waals surface area contributed by atoms with E-state index in [9.17, 15) is 0 Å². The van der Waals surface area contributed by atoms with E-state index < -0.39 is 0 Å². The highest BCUT2D eigenvalue weighted by Crippen LogP contribution is 2.36. The van der Waals surface area contributed by atoms with E-state index in [1.807, 2.05) is 12.1 Å². The van der Waals surface area contributed by atoms with E-state index in [0.29, 0.717) is 0 Å². The Bertz CT molecular complexity index is 752. The lowest BCUT2D eigenvalue weighted by Gasteiger charge is -2.27. The Morgan fingerprint density at radius 2 is 1.62 bits per heavy atom. The average Bonchev–Trinajstić information content (AvgIpc) is 2.51. The predicted octanol–water partition coefficient (Wildman–Crippen LogP) is 4.89. The Hall–Kier alpha value is -2.48. The van der Waals surface area contributed by atoms with Crippen LogP contribution in [0.1, 0.15) is 12.5 Å². The minimum Gasteiger partial charge on any atom is -0.397 e. The summed E-state index contributed by atoms with van der Waals surface area (Å²) in [6, 6.07) is 21.0. The highest BCUT2D eigenvalue weighted by Gasteiger charge is 2.14. The second kappa shape index (κ2) is 5.49. The smallest absolute Gasteiger partial charge is 0.0674 e. The molecule has 0 unspecified atom stereocenters. The normalized spacial score (nSPS) is 10.8. The van der Waals surface area contributed by atoms with Gasteiger partial charge in [-0.3, -0.25) is 0 Å². The van der Waals surface area contributed by atoms with Crippen molar-refractivity contribution < 1.29 is 0 Å². The van der Waals surface area contributed by atoms with Crippen LogP contribution in [-0.4, -0.2) is 6.54 Å². The Labute approximate surface area is 125 Å². The SMILES string of the molecule is CCN(c1c(C)cccc1N)c1cccc2ccccc12. The molecule has 0 saturated carbocycles. The molecule has 2 N–H and O–H groups in total. The summed E-state index contributed by atoms with van der Waals surface area (Å²) in [5, 5.41) is 2.50. The molecule has 0 aliphatic carbocycles. The third-order valence-corrected chi connectivity index (χ3v) is 3.91. The van der Waals surface area contributed by atoms with Gasteiger partial charge in [0.1, 0.15) is 0 Å². The standard InChI is InChI=1S/C19H20N2/c1-3-21(19-14(2)8-6-12-17(19)20)18-13-7-10-15-9-4-5-11-16(15)18/h4-13H,3,20H2,1-2H3. The topological polar surface area (TPSA) is 29.3 Å². The van der Waals surface area contributed by atoms with Crippen LogP contribution in [0.2, 0.25) is 0 Å². The second-order valence-corrected chi connectivity index (χ2v) is 5.26. The van der Waals surface area contributed by atoms with E-state index in [4.69, 9.17) is 5.73 Å². The molecule has 0 aliphatic rings. The van der Waals surface area contributed by atoms with Crippen molar-refractivity contribution in [2.75, 3.05) is 17.2 Å². The number of benzene rings is 3. The number of aryl methyl sites for hydroxylation is 1. The molecule has 21 heavy (non-hydrogen) atoms. The number of nitrogens with zero attached hydrogens (tertiary/aromatic N) is 1. The summed E-state index contributed by atoms with van der Waals surface area (Å²) in [6.45, 7) is 5.15. The fourth-order valence-corrected chi connectivity index (χ4v) is 2.94. The van der Waals surface area contributed by atoms with E-state index in [1.54, 1.807) is 0 Å². The van der Waals surface area contributed by atoms with Gasteiger partial charge in [0.2, 0.25) is 0 Å². The first-order valence-corrected chi connectivity index (χ1v) is 7.32. The maximum absolute atomic E-state index is 6.24. The molecule has 3 aromatic carbocycles. The van der Waals surface area contributed by atoms with Gasteiger partial charge < -0.3 is 10.6 Å². The Kier molecular flexibility index (Phi) is 3.53. The summed E-state index contributed by atoms with van der Waals surface area (Å²) < 4.78 is 0. The molecule has 0 bridgehead atoms. The van der Waals surface area contributed by atoms with E-state index >= 15 is 0 Å². The number of nitrogen functional groups attached to an aromatic ring is 1. The maximum Gasteiger partial charge on any atom is 0.0674 e. The lowest BCUT2D eigenvalue weighted by molar-refractivity contribution is 1.02. The van der Waals surface area contributed by atoms with Crippen molar-refractivity contribution in [3.63, 3.8) is 0 Å². The average molecular weight is 276 g/mol. The van der Waals surface area contributed by atoms with Crippen molar-refractivity contribution in [3.05, 3.63) is 66.2 Å². The third kappa shape index (κ3) is 2.33. The van der Waals surface area contributed by atoms with Crippen LogP contribution in [0.5, 0.6) is 0 Å². The molecule has 0 saturated heterocycles. The van der Waals surface area contributed by atoms with Gasteiger partial charge in [-0.05, 0) is 36.9 Å². The molecule has 3 rings (SSSR count). The molecule has 0 aliphatic heterocycles. The Balaban J connectivity index is 2.24. The minimum absolute atomic E-state index is 0.824. The van der Waals surface area contributed by atoms with Crippen LogP contribution >= 0.6 is 0 Å². The molecule has 0 spiro atoms. The van der Waals surface area contributed by atoms with Crippen molar-refractivity contribution in [1.29, 1.82) is 0 Å². The number of fused-ring (bicyclic) bond motifs is 1. The first-order chi connectivity index (χ1) is 10.2. The lowest BCUT2D eigenvalue weighted by Crippen LogP contribution is -2.19. The molecular formula is C19H20N2. The fourth-order valence-electron chi connectivity index (χ4n) is 2.94. The number of hydrogen-bond donors (Lipinski definition) is 1. The van der Waals surface area contributed by atoms with Gasteiger partial charge >= 0.3 is 0 Å². The zero-order valence-corrected chi connectivity index (χ0v) is 12.5. The summed E-state index contributed by atoms with van der Waals surface area (Å²) in [5.41, 5.74) is 10.6. The largest absolute Gasteiger partial charge is 0.397 e. The first-order valence-electron chi connectivity index (χ1n) is 7.32. The number of hydrogen-bond acceptors (Lipinski definition) is 2. The first kappa shape index (κ1) is 13.5. The summed E-state index contributed by atoms with van der Waals surface area (Å²) in [7, 11) is 0. The summed E-state index contributed by atoms with van der Waals surface area (Å²) in [5.74, 6) is 0. The molecule has 0 fully saturated rings. The molecule has 0 heterocycles. The Morgan fingerprint density at radius 1 is 0.905 bits per heavy atom. The van der Waals surface area contributed by atoms with Gasteiger partial charge in [0, 0.05) is 17.6 Å². The van der Waals surface area contributed by atoms with E-state index in [-0.39, 0.29) is 0 Å². The third-order valence-electron chi connectivity index (χ3n) is 3.91. The lowest BCUT2D eigenvalue weighted by atomic mass is 10.1. The highest BCUT2D eigenvalue weighted by atomic mass is 15.1. The van der Waals surface area contributed by atoms with Gasteiger partial charge in [0.05, 0.1) is 11.4 Å². The van der Waals surface area contributed by atoms with Crippen LogP contribution in [0.4, 0.5) is 17.1 Å². The van der Waals surface area contributed by atoms with Crippen molar-refractivity contribution in [1.82, 2.24) is 0 Å². The van der Waals surface area contributed by atoms with Crippen molar-refractivity contribution >= 4 is 27.8 Å². The zero-order valence-electron chi connectivity index (χ0n) is 12.5. The molecular weight excluding hydrogens is 256 g/mol.